The maximum Gasteiger partial charge on any atom is 0.108 e. The smallest absolute Gasteiger partial charge is 0.108 e. The molecule has 0 saturated heterocycles. The molecule has 2 aliphatic rings. The Morgan fingerprint density at radius 2 is 1.58 bits per heavy atom. The van der Waals surface area contributed by atoms with E-state index in [4.69, 9.17) is 0 Å². The van der Waals surface area contributed by atoms with E-state index in [2.05, 4.69) is 6.92 Å². The van der Waals surface area contributed by atoms with E-state index in [-0.39, 0.29) is 0 Å². The zero-order chi connectivity index (χ0) is 8.77. The molecule has 0 spiro atoms. The molecule has 2 rings (SSSR count). The molecule has 2 saturated carbocycles. The van der Waals surface area contributed by atoms with Crippen molar-refractivity contribution in [2.75, 3.05) is 0 Å². The van der Waals surface area contributed by atoms with E-state index in [0.29, 0.717) is 11.8 Å². The largest absolute Gasteiger partial charge is 0.244 e. The first kappa shape index (κ1) is 8.52. The van der Waals surface area contributed by atoms with Crippen molar-refractivity contribution >= 4 is 0 Å². The van der Waals surface area contributed by atoms with Crippen LogP contribution in [0.1, 0.15) is 46.0 Å². The number of hydrogen-bond donors (Lipinski definition) is 0. The van der Waals surface area contributed by atoms with Crippen LogP contribution in [0.15, 0.2) is 0 Å². The van der Waals surface area contributed by atoms with Crippen LogP contribution in [0.2, 0.25) is 0 Å². The Labute approximate surface area is 74.5 Å². The van der Waals surface area contributed by atoms with Crippen molar-refractivity contribution < 1.29 is 4.39 Å². The maximum atomic E-state index is 13.7. The van der Waals surface area contributed by atoms with E-state index in [1.54, 1.807) is 6.92 Å². The van der Waals surface area contributed by atoms with Crippen LogP contribution in [0.25, 0.3) is 0 Å². The minimum atomic E-state index is -0.840. The molecule has 0 aliphatic heterocycles. The predicted molar refractivity (Wildman–Crippen MR) is 48.7 cm³/mol. The van der Waals surface area contributed by atoms with Crippen LogP contribution in [0, 0.1) is 17.8 Å². The highest BCUT2D eigenvalue weighted by Gasteiger charge is 2.40. The average molecular weight is 170 g/mol. The van der Waals surface area contributed by atoms with Gasteiger partial charge in [0.05, 0.1) is 0 Å². The minimum Gasteiger partial charge on any atom is -0.244 e. The predicted octanol–water partition coefficient (Wildman–Crippen LogP) is 3.56. The lowest BCUT2D eigenvalue weighted by molar-refractivity contribution is 0.0169. The van der Waals surface area contributed by atoms with Crippen molar-refractivity contribution in [3.8, 4) is 0 Å². The topological polar surface area (TPSA) is 0 Å². The molecule has 0 heterocycles. The van der Waals surface area contributed by atoms with Gasteiger partial charge in [0.25, 0.3) is 0 Å². The Morgan fingerprint density at radius 3 is 2.08 bits per heavy atom. The second-order valence-corrected chi connectivity index (χ2v) is 5.37. The van der Waals surface area contributed by atoms with Gasteiger partial charge in [0.2, 0.25) is 0 Å². The molecule has 0 amide bonds. The fourth-order valence-corrected chi connectivity index (χ4v) is 3.52. The molecular formula is C11H19F. The van der Waals surface area contributed by atoms with Gasteiger partial charge in [-0.15, -0.1) is 0 Å². The molecule has 2 bridgehead atoms. The van der Waals surface area contributed by atoms with Gasteiger partial charge in [-0.05, 0) is 56.8 Å². The number of fused-ring (bicyclic) bond motifs is 2. The van der Waals surface area contributed by atoms with Crippen molar-refractivity contribution in [3.05, 3.63) is 0 Å². The summed E-state index contributed by atoms with van der Waals surface area (Å²) in [6, 6.07) is 0. The van der Waals surface area contributed by atoms with Crippen LogP contribution in [-0.4, -0.2) is 5.67 Å². The van der Waals surface area contributed by atoms with Gasteiger partial charge in [0.1, 0.15) is 5.67 Å². The van der Waals surface area contributed by atoms with Crippen LogP contribution in [0.3, 0.4) is 0 Å². The van der Waals surface area contributed by atoms with Gasteiger partial charge in [0.15, 0.2) is 0 Å². The quantitative estimate of drug-likeness (QED) is 0.521. The molecule has 2 unspecified atom stereocenters. The molecule has 2 fully saturated rings. The molecule has 12 heavy (non-hydrogen) atoms. The lowest BCUT2D eigenvalue weighted by Gasteiger charge is -2.43. The fraction of sp³-hybridized carbons (Fsp3) is 1.00. The van der Waals surface area contributed by atoms with E-state index in [9.17, 15) is 4.39 Å². The van der Waals surface area contributed by atoms with E-state index < -0.39 is 5.67 Å². The Kier molecular flexibility index (Phi) is 1.93. The van der Waals surface area contributed by atoms with Gasteiger partial charge >= 0.3 is 0 Å². The highest BCUT2D eigenvalue weighted by Crippen LogP contribution is 2.47. The number of halogens is 1. The summed E-state index contributed by atoms with van der Waals surface area (Å²) in [6.07, 6.45) is 5.51. The standard InChI is InChI=1S/C11H19F/c1-8-3-9-5-10(4-8)7-11(2,12)6-9/h8-10H,3-7H2,1-2H3. The summed E-state index contributed by atoms with van der Waals surface area (Å²) >= 11 is 0. The van der Waals surface area contributed by atoms with Gasteiger partial charge in [0, 0.05) is 0 Å². The van der Waals surface area contributed by atoms with E-state index in [1.165, 1.54) is 19.3 Å². The number of hydrogen-bond acceptors (Lipinski definition) is 0. The number of alkyl halides is 1. The van der Waals surface area contributed by atoms with Crippen molar-refractivity contribution in [1.82, 2.24) is 0 Å². The number of rotatable bonds is 0. The molecule has 2 atom stereocenters. The molecule has 0 radical (unpaired) electrons. The molecule has 70 valence electrons. The lowest BCUT2D eigenvalue weighted by Crippen LogP contribution is -2.37. The summed E-state index contributed by atoms with van der Waals surface area (Å²) in [5, 5.41) is 0. The SMILES string of the molecule is CC1CC2CC(C1)CC(C)(F)C2. The summed E-state index contributed by atoms with van der Waals surface area (Å²) in [6.45, 7) is 4.11. The second kappa shape index (κ2) is 2.71. The third-order valence-corrected chi connectivity index (χ3v) is 3.57. The summed E-state index contributed by atoms with van der Waals surface area (Å²) < 4.78 is 13.7. The van der Waals surface area contributed by atoms with Crippen LogP contribution in [0.4, 0.5) is 4.39 Å². The fourth-order valence-electron chi connectivity index (χ4n) is 3.52. The van der Waals surface area contributed by atoms with Crippen molar-refractivity contribution in [2.45, 2.75) is 51.6 Å². The molecule has 1 heteroatoms. The minimum absolute atomic E-state index is 0.697. The Bertz CT molecular complexity index is 154. The summed E-state index contributed by atoms with van der Waals surface area (Å²) in [4.78, 5) is 0. The summed E-state index contributed by atoms with van der Waals surface area (Å²) in [5.41, 5.74) is -0.840. The van der Waals surface area contributed by atoms with Crippen molar-refractivity contribution in [1.29, 1.82) is 0 Å². The molecule has 2 aliphatic carbocycles. The zero-order valence-corrected chi connectivity index (χ0v) is 8.15. The monoisotopic (exact) mass is 170 g/mol. The second-order valence-electron chi connectivity index (χ2n) is 5.37. The first-order chi connectivity index (χ1) is 5.55. The van der Waals surface area contributed by atoms with E-state index in [0.717, 1.165) is 18.8 Å². The van der Waals surface area contributed by atoms with Crippen molar-refractivity contribution in [3.63, 3.8) is 0 Å². The summed E-state index contributed by atoms with van der Waals surface area (Å²) in [5.74, 6) is 2.25. The van der Waals surface area contributed by atoms with Crippen LogP contribution in [0.5, 0.6) is 0 Å². The lowest BCUT2D eigenvalue weighted by atomic mass is 9.64. The Balaban J connectivity index is 2.06. The van der Waals surface area contributed by atoms with Crippen LogP contribution in [-0.2, 0) is 0 Å². The zero-order valence-electron chi connectivity index (χ0n) is 8.15. The Hall–Kier alpha value is -0.0700. The van der Waals surface area contributed by atoms with E-state index >= 15 is 0 Å². The first-order valence-corrected chi connectivity index (χ1v) is 5.24. The van der Waals surface area contributed by atoms with Gasteiger partial charge in [-0.3, -0.25) is 0 Å². The molecule has 0 nitrogen and oxygen atoms in total. The van der Waals surface area contributed by atoms with Crippen LogP contribution < -0.4 is 0 Å². The highest BCUT2D eigenvalue weighted by molar-refractivity contribution is 4.91. The first-order valence-electron chi connectivity index (χ1n) is 5.24. The molecule has 0 aromatic carbocycles. The van der Waals surface area contributed by atoms with Crippen molar-refractivity contribution in [2.24, 2.45) is 17.8 Å². The maximum absolute atomic E-state index is 13.7. The Morgan fingerprint density at radius 1 is 1.08 bits per heavy atom. The molecule has 0 aromatic rings. The summed E-state index contributed by atoms with van der Waals surface area (Å²) in [7, 11) is 0. The average Bonchev–Trinajstić information content (AvgIpc) is 1.78. The van der Waals surface area contributed by atoms with Gasteiger partial charge in [-0.25, -0.2) is 4.39 Å². The highest BCUT2D eigenvalue weighted by atomic mass is 19.1. The van der Waals surface area contributed by atoms with Gasteiger partial charge < -0.3 is 0 Å². The normalized spacial score (nSPS) is 53.8. The van der Waals surface area contributed by atoms with Gasteiger partial charge in [-0.2, -0.15) is 0 Å². The molecule has 0 N–H and O–H groups in total. The van der Waals surface area contributed by atoms with Crippen LogP contribution >= 0.6 is 0 Å². The third kappa shape index (κ3) is 1.65. The van der Waals surface area contributed by atoms with E-state index in [1.807, 2.05) is 0 Å². The molecule has 0 aromatic heterocycles. The van der Waals surface area contributed by atoms with Gasteiger partial charge in [-0.1, -0.05) is 6.92 Å². The molecular weight excluding hydrogens is 151 g/mol. The third-order valence-electron chi connectivity index (χ3n) is 3.57.